The fourth-order valence-electron chi connectivity index (χ4n) is 3.23. The summed E-state index contributed by atoms with van der Waals surface area (Å²) in [6.45, 7) is 0. The molecule has 1 saturated carbocycles. The number of rotatable bonds is 3. The van der Waals surface area contributed by atoms with E-state index in [0.717, 1.165) is 18.4 Å². The van der Waals surface area contributed by atoms with Crippen LogP contribution in [0.15, 0.2) is 18.3 Å². The number of H-pyrrole nitrogens is 1. The molecule has 120 valence electrons. The third-order valence-electron chi connectivity index (χ3n) is 4.43. The maximum atomic E-state index is 14.2. The molecule has 5 nitrogen and oxygen atoms in total. The van der Waals surface area contributed by atoms with Gasteiger partial charge >= 0.3 is 0 Å². The van der Waals surface area contributed by atoms with E-state index < -0.39 is 11.6 Å². The number of hydrogen-bond donors (Lipinski definition) is 1. The number of benzene rings is 1. The van der Waals surface area contributed by atoms with Crippen LogP contribution in [0.2, 0.25) is 0 Å². The lowest BCUT2D eigenvalue weighted by atomic mass is 10.2. The molecule has 0 bridgehead atoms. The summed E-state index contributed by atoms with van der Waals surface area (Å²) in [7, 11) is 1.30. The van der Waals surface area contributed by atoms with Crippen LogP contribution < -0.4 is 4.74 Å². The lowest BCUT2D eigenvalue weighted by molar-refractivity contribution is 0.372. The number of imidazole rings is 1. The summed E-state index contributed by atoms with van der Waals surface area (Å²) in [5.41, 5.74) is 1.49. The van der Waals surface area contributed by atoms with E-state index in [1.165, 1.54) is 32.1 Å². The number of ether oxygens (including phenoxy) is 1. The first-order valence-electron chi connectivity index (χ1n) is 7.64. The van der Waals surface area contributed by atoms with Crippen molar-refractivity contribution in [3.05, 3.63) is 30.0 Å². The second kappa shape index (κ2) is 5.33. The van der Waals surface area contributed by atoms with E-state index in [4.69, 9.17) is 4.74 Å². The van der Waals surface area contributed by atoms with Gasteiger partial charge in [0.2, 0.25) is 5.82 Å². The number of fused-ring (bicyclic) bond motifs is 1. The van der Waals surface area contributed by atoms with Crippen LogP contribution >= 0.6 is 0 Å². The highest BCUT2D eigenvalue weighted by Gasteiger charge is 2.23. The summed E-state index contributed by atoms with van der Waals surface area (Å²) < 4.78 is 34.8. The van der Waals surface area contributed by atoms with E-state index in [1.54, 1.807) is 6.20 Å². The van der Waals surface area contributed by atoms with Crippen molar-refractivity contribution in [2.75, 3.05) is 7.11 Å². The minimum atomic E-state index is -1.01. The Morgan fingerprint density at radius 1 is 1.22 bits per heavy atom. The molecule has 2 heterocycles. The zero-order valence-corrected chi connectivity index (χ0v) is 12.6. The van der Waals surface area contributed by atoms with E-state index >= 15 is 0 Å². The van der Waals surface area contributed by atoms with Gasteiger partial charge in [0.15, 0.2) is 17.2 Å². The highest BCUT2D eigenvalue weighted by Crippen LogP contribution is 2.33. The zero-order valence-electron chi connectivity index (χ0n) is 12.6. The van der Waals surface area contributed by atoms with Gasteiger partial charge in [0, 0.05) is 0 Å². The molecule has 0 unspecified atom stereocenters. The van der Waals surface area contributed by atoms with Crippen molar-refractivity contribution in [1.29, 1.82) is 0 Å². The zero-order chi connectivity index (χ0) is 16.0. The average Bonchev–Trinajstić information content (AvgIpc) is 3.25. The van der Waals surface area contributed by atoms with Crippen LogP contribution in [0.3, 0.4) is 0 Å². The number of aromatic nitrogens is 4. The third kappa shape index (κ3) is 2.18. The molecule has 0 saturated heterocycles. The van der Waals surface area contributed by atoms with Crippen molar-refractivity contribution in [1.82, 2.24) is 19.7 Å². The van der Waals surface area contributed by atoms with Crippen molar-refractivity contribution in [2.45, 2.75) is 31.7 Å². The third-order valence-corrected chi connectivity index (χ3v) is 4.43. The second-order valence-electron chi connectivity index (χ2n) is 5.79. The number of nitrogens with zero attached hydrogens (tertiary/aromatic N) is 3. The number of aromatic amines is 1. The van der Waals surface area contributed by atoms with Crippen LogP contribution in [0, 0.1) is 11.6 Å². The Labute approximate surface area is 131 Å². The Morgan fingerprint density at radius 3 is 2.74 bits per heavy atom. The lowest BCUT2D eigenvalue weighted by Crippen LogP contribution is -2.06. The minimum Gasteiger partial charge on any atom is -0.494 e. The number of nitrogens with one attached hydrogen (secondary N) is 1. The lowest BCUT2D eigenvalue weighted by Gasteiger charge is -2.09. The molecule has 0 atom stereocenters. The summed E-state index contributed by atoms with van der Waals surface area (Å²) in [5.74, 6) is -1.81. The van der Waals surface area contributed by atoms with Gasteiger partial charge in [0.25, 0.3) is 0 Å². The predicted molar refractivity (Wildman–Crippen MR) is 81.3 cm³/mol. The molecule has 0 spiro atoms. The molecule has 4 rings (SSSR count). The van der Waals surface area contributed by atoms with E-state index in [2.05, 4.69) is 15.1 Å². The minimum absolute atomic E-state index is 0.0810. The molecule has 3 aromatic rings. The van der Waals surface area contributed by atoms with Crippen molar-refractivity contribution < 1.29 is 13.5 Å². The smallest absolute Gasteiger partial charge is 0.201 e. The van der Waals surface area contributed by atoms with Crippen LogP contribution in [-0.4, -0.2) is 26.9 Å². The van der Waals surface area contributed by atoms with Gasteiger partial charge in [-0.15, -0.1) is 0 Å². The molecule has 1 aliphatic rings. The monoisotopic (exact) mass is 318 g/mol. The van der Waals surface area contributed by atoms with Gasteiger partial charge in [-0.05, 0) is 25.0 Å². The Kier molecular flexibility index (Phi) is 3.28. The fraction of sp³-hybridized carbons (Fsp3) is 0.375. The van der Waals surface area contributed by atoms with E-state index in [1.807, 2.05) is 4.68 Å². The first-order valence-corrected chi connectivity index (χ1v) is 7.64. The number of hydrogen-bond acceptors (Lipinski definition) is 3. The first kappa shape index (κ1) is 14.2. The molecule has 2 aromatic heterocycles. The Hall–Kier alpha value is -2.44. The summed E-state index contributed by atoms with van der Waals surface area (Å²) >= 11 is 0. The molecule has 0 aliphatic heterocycles. The summed E-state index contributed by atoms with van der Waals surface area (Å²) in [6.07, 6.45) is 6.19. The second-order valence-corrected chi connectivity index (χ2v) is 5.79. The molecule has 7 heteroatoms. The van der Waals surface area contributed by atoms with E-state index in [9.17, 15) is 8.78 Å². The predicted octanol–water partition coefficient (Wildman–Crippen LogP) is 3.83. The topological polar surface area (TPSA) is 55.7 Å². The molecule has 23 heavy (non-hydrogen) atoms. The van der Waals surface area contributed by atoms with Crippen molar-refractivity contribution in [3.8, 4) is 17.1 Å². The van der Waals surface area contributed by atoms with Gasteiger partial charge in [-0.1, -0.05) is 12.8 Å². The molecule has 0 radical (unpaired) electrons. The quantitative estimate of drug-likeness (QED) is 0.798. The van der Waals surface area contributed by atoms with Gasteiger partial charge in [-0.2, -0.15) is 9.49 Å². The van der Waals surface area contributed by atoms with Crippen molar-refractivity contribution >= 4 is 11.2 Å². The van der Waals surface area contributed by atoms with Crippen LogP contribution in [0.1, 0.15) is 31.7 Å². The molecule has 1 N–H and O–H groups in total. The van der Waals surface area contributed by atoms with E-state index in [0.29, 0.717) is 17.5 Å². The maximum absolute atomic E-state index is 14.2. The maximum Gasteiger partial charge on any atom is 0.201 e. The summed E-state index contributed by atoms with van der Waals surface area (Å²) in [6, 6.07) is 3.19. The Balaban J connectivity index is 1.79. The van der Waals surface area contributed by atoms with Crippen LogP contribution in [0.4, 0.5) is 8.78 Å². The Bertz CT molecular complexity index is 864. The first-order chi connectivity index (χ1) is 11.2. The highest BCUT2D eigenvalue weighted by atomic mass is 19.2. The normalized spacial score (nSPS) is 15.6. The standard InChI is InChI=1S/C16H16F2N4O/c1-23-12-7-6-10(13(17)14(12)18)15-20-11-8-19-22(16(11)21-15)9-4-2-3-5-9/h6-9H,2-5H2,1H3,(H,20,21). The van der Waals surface area contributed by atoms with Gasteiger partial charge in [-0.25, -0.2) is 14.1 Å². The van der Waals surface area contributed by atoms with Crippen LogP contribution in [0.5, 0.6) is 5.75 Å². The van der Waals surface area contributed by atoms with Crippen molar-refractivity contribution in [2.24, 2.45) is 0 Å². The summed E-state index contributed by atoms with van der Waals surface area (Å²) in [5, 5.41) is 4.37. The number of halogens is 2. The van der Waals surface area contributed by atoms with Gasteiger partial charge in [-0.3, -0.25) is 0 Å². The van der Waals surface area contributed by atoms with Crippen LogP contribution in [-0.2, 0) is 0 Å². The molecule has 1 aromatic carbocycles. The van der Waals surface area contributed by atoms with E-state index in [-0.39, 0.29) is 11.3 Å². The molecular weight excluding hydrogens is 302 g/mol. The SMILES string of the molecule is COc1ccc(-c2nc3c(cnn3C3CCCC3)[nH]2)c(F)c1F. The molecular formula is C16H16F2N4O. The molecule has 0 amide bonds. The molecule has 1 fully saturated rings. The van der Waals surface area contributed by atoms with Gasteiger partial charge in [0.05, 0.1) is 24.9 Å². The van der Waals surface area contributed by atoms with Gasteiger partial charge < -0.3 is 9.72 Å². The highest BCUT2D eigenvalue weighted by molar-refractivity contribution is 5.76. The van der Waals surface area contributed by atoms with Crippen molar-refractivity contribution in [3.63, 3.8) is 0 Å². The summed E-state index contributed by atoms with van der Waals surface area (Å²) in [4.78, 5) is 7.46. The van der Waals surface area contributed by atoms with Gasteiger partial charge in [0.1, 0.15) is 11.3 Å². The molecule has 1 aliphatic carbocycles. The average molecular weight is 318 g/mol. The Morgan fingerprint density at radius 2 is 2.00 bits per heavy atom. The fourth-order valence-corrected chi connectivity index (χ4v) is 3.23. The largest absolute Gasteiger partial charge is 0.494 e. The number of methoxy groups -OCH3 is 1. The van der Waals surface area contributed by atoms with Crippen LogP contribution in [0.25, 0.3) is 22.6 Å².